The van der Waals surface area contributed by atoms with E-state index in [1.54, 1.807) is 0 Å². The fourth-order valence-corrected chi connectivity index (χ4v) is 3.07. The van der Waals surface area contributed by atoms with Crippen LogP contribution in [0.2, 0.25) is 0 Å². The van der Waals surface area contributed by atoms with E-state index < -0.39 is 0 Å². The number of anilines is 2. The van der Waals surface area contributed by atoms with Gasteiger partial charge in [0.25, 0.3) is 0 Å². The van der Waals surface area contributed by atoms with Crippen molar-refractivity contribution in [2.75, 3.05) is 23.3 Å². The molecule has 1 unspecified atom stereocenters. The Balaban J connectivity index is 2.06. The zero-order chi connectivity index (χ0) is 15.5. The summed E-state index contributed by atoms with van der Waals surface area (Å²) in [5, 5.41) is 3.47. The van der Waals surface area contributed by atoms with Gasteiger partial charge in [0, 0.05) is 18.6 Å². The van der Waals surface area contributed by atoms with Crippen LogP contribution in [0.5, 0.6) is 0 Å². The van der Waals surface area contributed by atoms with Crippen LogP contribution in [0.25, 0.3) is 0 Å². The van der Waals surface area contributed by atoms with Crippen molar-refractivity contribution >= 4 is 11.6 Å². The maximum atomic E-state index is 4.81. The third-order valence-electron chi connectivity index (χ3n) is 4.28. The number of pyridine rings is 1. The number of aromatic nitrogens is 1. The third-order valence-corrected chi connectivity index (χ3v) is 4.28. The Morgan fingerprint density at radius 2 is 1.95 bits per heavy atom. The molecule has 3 nitrogen and oxygen atoms in total. The monoisotopic (exact) mass is 289 g/mol. The highest BCUT2D eigenvalue weighted by atomic mass is 15.2. The number of hydrogen-bond acceptors (Lipinski definition) is 3. The first kappa shape index (κ1) is 16.1. The quantitative estimate of drug-likeness (QED) is 0.884. The third kappa shape index (κ3) is 4.90. The SMILES string of the molecule is CC(C)C1CCCN(c2cccc(NC(C)(C)C)n2)CC1. The predicted octanol–water partition coefficient (Wildman–Crippen LogP) is 4.55. The number of nitrogens with zero attached hydrogens (tertiary/aromatic N) is 2. The van der Waals surface area contributed by atoms with E-state index in [-0.39, 0.29) is 5.54 Å². The molecule has 0 bridgehead atoms. The molecule has 0 aromatic carbocycles. The molecule has 21 heavy (non-hydrogen) atoms. The highest BCUT2D eigenvalue weighted by molar-refractivity contribution is 5.48. The lowest BCUT2D eigenvalue weighted by molar-refractivity contribution is 0.351. The summed E-state index contributed by atoms with van der Waals surface area (Å²) < 4.78 is 0. The normalized spacial score (nSPS) is 20.5. The van der Waals surface area contributed by atoms with E-state index in [0.29, 0.717) is 0 Å². The Morgan fingerprint density at radius 1 is 1.19 bits per heavy atom. The molecule has 1 atom stereocenters. The van der Waals surface area contributed by atoms with Crippen molar-refractivity contribution in [1.29, 1.82) is 0 Å². The summed E-state index contributed by atoms with van der Waals surface area (Å²) in [4.78, 5) is 7.26. The average Bonchev–Trinajstić information content (AvgIpc) is 2.62. The number of rotatable bonds is 3. The van der Waals surface area contributed by atoms with E-state index in [0.717, 1.165) is 36.6 Å². The van der Waals surface area contributed by atoms with Gasteiger partial charge in [0.15, 0.2) is 0 Å². The highest BCUT2D eigenvalue weighted by Crippen LogP contribution is 2.27. The van der Waals surface area contributed by atoms with Crippen LogP contribution in [0.3, 0.4) is 0 Å². The van der Waals surface area contributed by atoms with Gasteiger partial charge >= 0.3 is 0 Å². The van der Waals surface area contributed by atoms with Gasteiger partial charge in [-0.1, -0.05) is 19.9 Å². The molecule has 1 aromatic rings. The zero-order valence-corrected chi connectivity index (χ0v) is 14.3. The molecule has 2 rings (SSSR count). The fraction of sp³-hybridized carbons (Fsp3) is 0.722. The molecule has 0 aliphatic carbocycles. The molecule has 1 saturated heterocycles. The minimum atomic E-state index is 0.0488. The highest BCUT2D eigenvalue weighted by Gasteiger charge is 2.20. The van der Waals surface area contributed by atoms with Crippen molar-refractivity contribution in [2.24, 2.45) is 11.8 Å². The molecule has 0 radical (unpaired) electrons. The second-order valence-corrected chi connectivity index (χ2v) is 7.68. The summed E-state index contributed by atoms with van der Waals surface area (Å²) in [7, 11) is 0. The zero-order valence-electron chi connectivity index (χ0n) is 14.3. The Bertz CT molecular complexity index is 448. The van der Waals surface area contributed by atoms with Gasteiger partial charge in [-0.3, -0.25) is 0 Å². The summed E-state index contributed by atoms with van der Waals surface area (Å²) in [5.74, 6) is 3.76. The van der Waals surface area contributed by atoms with Crippen molar-refractivity contribution in [1.82, 2.24) is 4.98 Å². The van der Waals surface area contributed by atoms with Gasteiger partial charge in [0.1, 0.15) is 11.6 Å². The van der Waals surface area contributed by atoms with Crippen molar-refractivity contribution in [3.63, 3.8) is 0 Å². The lowest BCUT2D eigenvalue weighted by Crippen LogP contribution is -2.28. The molecular formula is C18H31N3. The Kier molecular flexibility index (Phi) is 5.13. The predicted molar refractivity (Wildman–Crippen MR) is 92.0 cm³/mol. The van der Waals surface area contributed by atoms with Gasteiger partial charge in [-0.2, -0.15) is 0 Å². The van der Waals surface area contributed by atoms with Crippen LogP contribution < -0.4 is 10.2 Å². The summed E-state index contributed by atoms with van der Waals surface area (Å²) >= 11 is 0. The van der Waals surface area contributed by atoms with Gasteiger partial charge in [0.2, 0.25) is 0 Å². The number of nitrogens with one attached hydrogen (secondary N) is 1. The summed E-state index contributed by atoms with van der Waals surface area (Å²) in [5.41, 5.74) is 0.0488. The maximum absolute atomic E-state index is 4.81. The average molecular weight is 289 g/mol. The Morgan fingerprint density at radius 3 is 2.62 bits per heavy atom. The van der Waals surface area contributed by atoms with Gasteiger partial charge in [-0.15, -0.1) is 0 Å². The summed E-state index contributed by atoms with van der Waals surface area (Å²) in [6, 6.07) is 6.31. The minimum Gasteiger partial charge on any atom is -0.365 e. The molecule has 1 aliphatic heterocycles. The Labute approximate surface area is 130 Å². The van der Waals surface area contributed by atoms with Crippen LogP contribution >= 0.6 is 0 Å². The van der Waals surface area contributed by atoms with Gasteiger partial charge in [-0.25, -0.2) is 4.98 Å². The molecule has 1 aromatic heterocycles. The molecule has 3 heteroatoms. The minimum absolute atomic E-state index is 0.0488. The molecule has 1 aliphatic rings. The van der Waals surface area contributed by atoms with Gasteiger partial charge < -0.3 is 10.2 Å². The standard InChI is InChI=1S/C18H31N3/c1-14(2)15-8-7-12-21(13-11-15)17-10-6-9-16(19-17)20-18(3,4)5/h6,9-10,14-15H,7-8,11-13H2,1-5H3,(H,19,20). The molecule has 1 fully saturated rings. The largest absolute Gasteiger partial charge is 0.365 e. The lowest BCUT2D eigenvalue weighted by atomic mass is 9.89. The molecule has 2 heterocycles. The van der Waals surface area contributed by atoms with Crippen LogP contribution in [0.15, 0.2) is 18.2 Å². The maximum Gasteiger partial charge on any atom is 0.130 e. The van der Waals surface area contributed by atoms with Crippen molar-refractivity contribution < 1.29 is 0 Å². The molecule has 0 spiro atoms. The fourth-order valence-electron chi connectivity index (χ4n) is 3.07. The van der Waals surface area contributed by atoms with Gasteiger partial charge in [-0.05, 0) is 64.0 Å². The van der Waals surface area contributed by atoms with E-state index in [4.69, 9.17) is 4.98 Å². The molecule has 1 N–H and O–H groups in total. The second kappa shape index (κ2) is 6.67. The number of hydrogen-bond donors (Lipinski definition) is 1. The summed E-state index contributed by atoms with van der Waals surface area (Å²) in [6.07, 6.45) is 3.92. The second-order valence-electron chi connectivity index (χ2n) is 7.68. The van der Waals surface area contributed by atoms with E-state index in [1.165, 1.54) is 19.3 Å². The Hall–Kier alpha value is -1.25. The van der Waals surface area contributed by atoms with Crippen LogP contribution in [0.1, 0.15) is 53.9 Å². The van der Waals surface area contributed by atoms with E-state index in [9.17, 15) is 0 Å². The van der Waals surface area contributed by atoms with Crippen LogP contribution in [0.4, 0.5) is 11.6 Å². The van der Waals surface area contributed by atoms with E-state index in [2.05, 4.69) is 63.0 Å². The van der Waals surface area contributed by atoms with Crippen LogP contribution in [-0.4, -0.2) is 23.6 Å². The first-order valence-corrected chi connectivity index (χ1v) is 8.35. The van der Waals surface area contributed by atoms with E-state index in [1.807, 2.05) is 0 Å². The summed E-state index contributed by atoms with van der Waals surface area (Å²) in [6.45, 7) is 13.5. The van der Waals surface area contributed by atoms with Crippen molar-refractivity contribution in [2.45, 2.75) is 59.4 Å². The van der Waals surface area contributed by atoms with Gasteiger partial charge in [0.05, 0.1) is 0 Å². The van der Waals surface area contributed by atoms with Crippen LogP contribution in [-0.2, 0) is 0 Å². The van der Waals surface area contributed by atoms with Crippen molar-refractivity contribution in [3.05, 3.63) is 18.2 Å². The first-order chi connectivity index (χ1) is 9.85. The lowest BCUT2D eigenvalue weighted by Gasteiger charge is -2.25. The first-order valence-electron chi connectivity index (χ1n) is 8.35. The topological polar surface area (TPSA) is 28.2 Å². The van der Waals surface area contributed by atoms with E-state index >= 15 is 0 Å². The smallest absolute Gasteiger partial charge is 0.130 e. The van der Waals surface area contributed by atoms with Crippen molar-refractivity contribution in [3.8, 4) is 0 Å². The molecule has 0 saturated carbocycles. The molecular weight excluding hydrogens is 258 g/mol. The molecule has 118 valence electrons. The molecule has 0 amide bonds. The van der Waals surface area contributed by atoms with Crippen LogP contribution in [0, 0.1) is 11.8 Å².